The van der Waals surface area contributed by atoms with E-state index in [1.54, 1.807) is 22.4 Å². The van der Waals surface area contributed by atoms with Crippen molar-refractivity contribution in [2.24, 2.45) is 0 Å². The molecule has 22 heavy (non-hydrogen) atoms. The minimum absolute atomic E-state index is 0.173. The predicted molar refractivity (Wildman–Crippen MR) is 90.9 cm³/mol. The maximum absolute atomic E-state index is 12.3. The average molecular weight is 310 g/mol. The zero-order chi connectivity index (χ0) is 15.4. The van der Waals surface area contributed by atoms with Crippen LogP contribution in [-0.2, 0) is 17.8 Å². The molecule has 0 fully saturated rings. The van der Waals surface area contributed by atoms with Crippen molar-refractivity contribution in [2.75, 3.05) is 7.05 Å². The van der Waals surface area contributed by atoms with Gasteiger partial charge in [0.2, 0.25) is 5.91 Å². The first-order valence-corrected chi connectivity index (χ1v) is 8.26. The van der Waals surface area contributed by atoms with E-state index in [1.165, 1.54) is 5.56 Å². The molecule has 0 radical (unpaired) electrons. The van der Waals surface area contributed by atoms with Crippen LogP contribution in [0.25, 0.3) is 10.9 Å². The van der Waals surface area contributed by atoms with Gasteiger partial charge in [-0.05, 0) is 46.5 Å². The molecule has 0 N–H and O–H groups in total. The monoisotopic (exact) mass is 310 g/mol. The number of hydrogen-bond acceptors (Lipinski definition) is 3. The number of thiophene rings is 1. The first-order valence-electron chi connectivity index (χ1n) is 7.32. The summed E-state index contributed by atoms with van der Waals surface area (Å²) in [5.41, 5.74) is 3.34. The Balaban J connectivity index is 1.67. The quantitative estimate of drug-likeness (QED) is 0.716. The maximum Gasteiger partial charge on any atom is 0.222 e. The summed E-state index contributed by atoms with van der Waals surface area (Å²) in [6.07, 6.45) is 3.15. The lowest BCUT2D eigenvalue weighted by molar-refractivity contribution is -0.130. The molecule has 0 unspecified atom stereocenters. The van der Waals surface area contributed by atoms with Crippen molar-refractivity contribution in [3.05, 3.63) is 64.5 Å². The molecule has 4 heteroatoms. The van der Waals surface area contributed by atoms with Gasteiger partial charge in [-0.25, -0.2) is 0 Å². The van der Waals surface area contributed by atoms with Gasteiger partial charge in [0.05, 0.1) is 5.52 Å². The number of carbonyl (C=O) groups excluding carboxylic acids is 1. The van der Waals surface area contributed by atoms with E-state index in [1.807, 2.05) is 30.6 Å². The molecule has 3 aromatic rings. The van der Waals surface area contributed by atoms with Crippen LogP contribution in [0.15, 0.2) is 53.4 Å². The largest absolute Gasteiger partial charge is 0.341 e. The SMILES string of the molecule is CN(Cc1cccc2ncccc12)C(=O)CCc1ccsc1. The van der Waals surface area contributed by atoms with Gasteiger partial charge in [-0.2, -0.15) is 11.3 Å². The molecule has 0 aliphatic rings. The van der Waals surface area contributed by atoms with Crippen LogP contribution < -0.4 is 0 Å². The van der Waals surface area contributed by atoms with E-state index >= 15 is 0 Å². The van der Waals surface area contributed by atoms with Gasteiger partial charge in [0.1, 0.15) is 0 Å². The lowest BCUT2D eigenvalue weighted by Gasteiger charge is -2.18. The van der Waals surface area contributed by atoms with Gasteiger partial charge >= 0.3 is 0 Å². The number of pyridine rings is 1. The van der Waals surface area contributed by atoms with E-state index in [0.717, 1.165) is 22.9 Å². The molecule has 0 aliphatic carbocycles. The van der Waals surface area contributed by atoms with Crippen LogP contribution in [0.2, 0.25) is 0 Å². The normalized spacial score (nSPS) is 10.8. The number of fused-ring (bicyclic) bond motifs is 1. The third-order valence-electron chi connectivity index (χ3n) is 3.78. The zero-order valence-electron chi connectivity index (χ0n) is 12.5. The van der Waals surface area contributed by atoms with Gasteiger partial charge in [-0.3, -0.25) is 9.78 Å². The van der Waals surface area contributed by atoms with Gasteiger partial charge < -0.3 is 4.90 Å². The Hall–Kier alpha value is -2.20. The zero-order valence-corrected chi connectivity index (χ0v) is 13.3. The first kappa shape index (κ1) is 14.7. The van der Waals surface area contributed by atoms with Crippen molar-refractivity contribution in [1.82, 2.24) is 9.88 Å². The van der Waals surface area contributed by atoms with Crippen LogP contribution in [0.3, 0.4) is 0 Å². The Labute approximate surface area is 134 Å². The molecular formula is C18H18N2OS. The number of carbonyl (C=O) groups is 1. The van der Waals surface area contributed by atoms with Crippen molar-refractivity contribution in [2.45, 2.75) is 19.4 Å². The van der Waals surface area contributed by atoms with E-state index < -0.39 is 0 Å². The summed E-state index contributed by atoms with van der Waals surface area (Å²) >= 11 is 1.67. The minimum atomic E-state index is 0.173. The highest BCUT2D eigenvalue weighted by atomic mass is 32.1. The molecule has 0 aliphatic heterocycles. The molecular weight excluding hydrogens is 292 g/mol. The molecule has 112 valence electrons. The standard InChI is InChI=1S/C18H18N2OS/c1-20(18(21)8-7-14-9-11-22-13-14)12-15-4-2-6-17-16(15)5-3-10-19-17/h2-6,9-11,13H,7-8,12H2,1H3. The molecule has 3 rings (SSSR count). The third kappa shape index (κ3) is 3.34. The van der Waals surface area contributed by atoms with Crippen LogP contribution in [0.1, 0.15) is 17.5 Å². The average Bonchev–Trinajstić information content (AvgIpc) is 3.06. The van der Waals surface area contributed by atoms with Crippen LogP contribution >= 0.6 is 11.3 Å². The summed E-state index contributed by atoms with van der Waals surface area (Å²) in [4.78, 5) is 18.5. The van der Waals surface area contributed by atoms with Gasteiger partial charge in [0.15, 0.2) is 0 Å². The molecule has 3 nitrogen and oxygen atoms in total. The van der Waals surface area contributed by atoms with Crippen molar-refractivity contribution in [3.8, 4) is 0 Å². The Morgan fingerprint density at radius 2 is 2.14 bits per heavy atom. The molecule has 0 atom stereocenters. The van der Waals surface area contributed by atoms with Crippen molar-refractivity contribution in [3.63, 3.8) is 0 Å². The van der Waals surface area contributed by atoms with Gasteiger partial charge in [-0.15, -0.1) is 0 Å². The number of aryl methyl sites for hydroxylation is 1. The number of amides is 1. The number of nitrogens with zero attached hydrogens (tertiary/aromatic N) is 2. The molecule has 1 aromatic carbocycles. The molecule has 2 heterocycles. The van der Waals surface area contributed by atoms with Crippen LogP contribution in [-0.4, -0.2) is 22.8 Å². The van der Waals surface area contributed by atoms with Crippen molar-refractivity contribution >= 4 is 28.1 Å². The fraction of sp³-hybridized carbons (Fsp3) is 0.222. The van der Waals surface area contributed by atoms with Crippen LogP contribution in [0.4, 0.5) is 0 Å². The highest BCUT2D eigenvalue weighted by Crippen LogP contribution is 2.18. The van der Waals surface area contributed by atoms with E-state index in [2.05, 4.69) is 28.6 Å². The second kappa shape index (κ2) is 6.71. The number of benzene rings is 1. The number of aromatic nitrogens is 1. The molecule has 0 spiro atoms. The van der Waals surface area contributed by atoms with E-state index in [-0.39, 0.29) is 5.91 Å². The van der Waals surface area contributed by atoms with Crippen LogP contribution in [0, 0.1) is 0 Å². The second-order valence-electron chi connectivity index (χ2n) is 5.37. The first-order chi connectivity index (χ1) is 10.7. The number of hydrogen-bond donors (Lipinski definition) is 0. The molecule has 1 amide bonds. The summed E-state index contributed by atoms with van der Waals surface area (Å²) < 4.78 is 0. The van der Waals surface area contributed by atoms with Crippen molar-refractivity contribution in [1.29, 1.82) is 0 Å². The summed E-state index contributed by atoms with van der Waals surface area (Å²) in [5.74, 6) is 0.173. The molecule has 0 bridgehead atoms. The van der Waals surface area contributed by atoms with Gasteiger partial charge in [0, 0.05) is 31.6 Å². The lowest BCUT2D eigenvalue weighted by Crippen LogP contribution is -2.26. The maximum atomic E-state index is 12.3. The Morgan fingerprint density at radius 3 is 2.95 bits per heavy atom. The third-order valence-corrected chi connectivity index (χ3v) is 4.51. The fourth-order valence-corrected chi connectivity index (χ4v) is 3.23. The van der Waals surface area contributed by atoms with Crippen molar-refractivity contribution < 1.29 is 4.79 Å². The fourth-order valence-electron chi connectivity index (χ4n) is 2.53. The predicted octanol–water partition coefficient (Wildman–Crippen LogP) is 3.89. The molecule has 0 saturated carbocycles. The van der Waals surface area contributed by atoms with Crippen LogP contribution in [0.5, 0.6) is 0 Å². The topological polar surface area (TPSA) is 33.2 Å². The summed E-state index contributed by atoms with van der Waals surface area (Å²) in [6.45, 7) is 0.617. The summed E-state index contributed by atoms with van der Waals surface area (Å²) in [7, 11) is 1.87. The highest BCUT2D eigenvalue weighted by molar-refractivity contribution is 7.07. The lowest BCUT2D eigenvalue weighted by atomic mass is 10.1. The highest BCUT2D eigenvalue weighted by Gasteiger charge is 2.11. The van der Waals surface area contributed by atoms with Gasteiger partial charge in [-0.1, -0.05) is 18.2 Å². The molecule has 0 saturated heterocycles. The summed E-state index contributed by atoms with van der Waals surface area (Å²) in [5, 5.41) is 5.26. The van der Waals surface area contributed by atoms with E-state index in [4.69, 9.17) is 0 Å². The Morgan fingerprint density at radius 1 is 1.23 bits per heavy atom. The number of rotatable bonds is 5. The second-order valence-corrected chi connectivity index (χ2v) is 6.15. The molecule has 2 aromatic heterocycles. The Kier molecular flexibility index (Phi) is 4.49. The summed E-state index contributed by atoms with van der Waals surface area (Å²) in [6, 6.07) is 12.1. The Bertz CT molecular complexity index is 762. The van der Waals surface area contributed by atoms with E-state index in [0.29, 0.717) is 13.0 Å². The smallest absolute Gasteiger partial charge is 0.222 e. The van der Waals surface area contributed by atoms with E-state index in [9.17, 15) is 4.79 Å². The minimum Gasteiger partial charge on any atom is -0.341 e. The van der Waals surface area contributed by atoms with Gasteiger partial charge in [0.25, 0.3) is 0 Å².